The lowest BCUT2D eigenvalue weighted by Gasteiger charge is -2.07. The zero-order valence-electron chi connectivity index (χ0n) is 11.1. The molecule has 0 atom stereocenters. The minimum Gasteiger partial charge on any atom is -0.478 e. The highest BCUT2D eigenvalue weighted by molar-refractivity contribution is 6.01. The summed E-state index contributed by atoms with van der Waals surface area (Å²) in [6.07, 6.45) is 0. The molecule has 0 saturated carbocycles. The highest BCUT2D eigenvalue weighted by atomic mass is 19.1. The molecule has 0 saturated heterocycles. The van der Waals surface area contributed by atoms with E-state index in [4.69, 9.17) is 0 Å². The monoisotopic (exact) mass is 286 g/mol. The predicted molar refractivity (Wildman–Crippen MR) is 75.5 cm³/mol. The van der Waals surface area contributed by atoms with Gasteiger partial charge in [0.25, 0.3) is 0 Å². The maximum absolute atomic E-state index is 13.7. The van der Waals surface area contributed by atoms with E-state index in [1.54, 1.807) is 31.2 Å². The number of fused-ring (bicyclic) bond motifs is 1. The molecule has 0 aliphatic rings. The highest BCUT2D eigenvalue weighted by Crippen LogP contribution is 2.21. The number of carboxylic acid groups (broad SMARTS) is 1. The van der Waals surface area contributed by atoms with Crippen LogP contribution < -0.4 is 5.69 Å². The van der Waals surface area contributed by atoms with Gasteiger partial charge in [0.2, 0.25) is 0 Å². The van der Waals surface area contributed by atoms with Gasteiger partial charge >= 0.3 is 11.7 Å². The second-order valence-electron chi connectivity index (χ2n) is 4.71. The zero-order chi connectivity index (χ0) is 15.1. The first-order valence-corrected chi connectivity index (χ1v) is 6.22. The molecule has 6 heteroatoms. The summed E-state index contributed by atoms with van der Waals surface area (Å²) in [5.41, 5.74) is 0.807. The molecule has 0 aliphatic heterocycles. The lowest BCUT2D eigenvalue weighted by atomic mass is 10.1. The van der Waals surface area contributed by atoms with Gasteiger partial charge in [0.1, 0.15) is 5.82 Å². The summed E-state index contributed by atoms with van der Waals surface area (Å²) in [5, 5.41) is 9.26. The molecule has 0 fully saturated rings. The Hall–Kier alpha value is -2.89. The van der Waals surface area contributed by atoms with Gasteiger partial charge in [-0.2, -0.15) is 0 Å². The van der Waals surface area contributed by atoms with Crippen LogP contribution in [0.3, 0.4) is 0 Å². The molecule has 2 N–H and O–H groups in total. The van der Waals surface area contributed by atoms with E-state index in [-0.39, 0.29) is 16.8 Å². The van der Waals surface area contributed by atoms with E-state index in [2.05, 4.69) is 4.98 Å². The number of hydrogen-bond acceptors (Lipinski definition) is 2. The third kappa shape index (κ3) is 2.01. The van der Waals surface area contributed by atoms with Crippen molar-refractivity contribution in [2.75, 3.05) is 0 Å². The third-order valence-electron chi connectivity index (χ3n) is 3.35. The Morgan fingerprint density at radius 3 is 2.71 bits per heavy atom. The number of benzene rings is 2. The van der Waals surface area contributed by atoms with Gasteiger partial charge in [-0.1, -0.05) is 12.1 Å². The quantitative estimate of drug-likeness (QED) is 0.760. The Labute approximate surface area is 118 Å². The summed E-state index contributed by atoms with van der Waals surface area (Å²) in [6.45, 7) is 1.61. The average molecular weight is 286 g/mol. The van der Waals surface area contributed by atoms with Crippen LogP contribution in [0.2, 0.25) is 0 Å². The van der Waals surface area contributed by atoms with Gasteiger partial charge < -0.3 is 10.1 Å². The highest BCUT2D eigenvalue weighted by Gasteiger charge is 2.17. The van der Waals surface area contributed by atoms with Crippen molar-refractivity contribution in [3.63, 3.8) is 0 Å². The molecule has 5 nitrogen and oxygen atoms in total. The first-order chi connectivity index (χ1) is 9.99. The molecular weight excluding hydrogens is 275 g/mol. The molecule has 3 aromatic rings. The van der Waals surface area contributed by atoms with E-state index in [1.165, 1.54) is 16.7 Å². The molecule has 0 radical (unpaired) electrons. The van der Waals surface area contributed by atoms with E-state index >= 15 is 0 Å². The van der Waals surface area contributed by atoms with Crippen LogP contribution in [-0.2, 0) is 0 Å². The molecule has 2 aromatic carbocycles. The van der Waals surface area contributed by atoms with E-state index in [1.807, 2.05) is 0 Å². The number of aromatic carboxylic acids is 1. The van der Waals surface area contributed by atoms with Gasteiger partial charge in [-0.3, -0.25) is 4.57 Å². The summed E-state index contributed by atoms with van der Waals surface area (Å²) in [6, 6.07) is 8.87. The smallest absolute Gasteiger partial charge is 0.337 e. The average Bonchev–Trinajstić information content (AvgIpc) is 2.77. The van der Waals surface area contributed by atoms with Crippen LogP contribution in [0.5, 0.6) is 0 Å². The van der Waals surface area contributed by atoms with Crippen LogP contribution in [0.1, 0.15) is 15.9 Å². The molecular formula is C15H11FN2O3. The van der Waals surface area contributed by atoms with Crippen molar-refractivity contribution in [2.24, 2.45) is 0 Å². The van der Waals surface area contributed by atoms with E-state index < -0.39 is 17.5 Å². The number of nitrogens with zero attached hydrogens (tertiary/aromatic N) is 1. The molecule has 0 aliphatic carbocycles. The van der Waals surface area contributed by atoms with Gasteiger partial charge in [-0.05, 0) is 36.8 Å². The number of H-pyrrole nitrogens is 1. The molecule has 106 valence electrons. The van der Waals surface area contributed by atoms with Crippen LogP contribution in [0, 0.1) is 12.7 Å². The molecule has 3 rings (SSSR count). The number of para-hydroxylation sites is 1. The summed E-state index contributed by atoms with van der Waals surface area (Å²) in [5.74, 6) is -1.61. The molecule has 0 spiro atoms. The van der Waals surface area contributed by atoms with Gasteiger partial charge in [-0.15, -0.1) is 0 Å². The molecule has 1 heterocycles. The summed E-state index contributed by atoms with van der Waals surface area (Å²) >= 11 is 0. The number of carbonyl (C=O) groups is 1. The lowest BCUT2D eigenvalue weighted by Crippen LogP contribution is -2.16. The molecule has 21 heavy (non-hydrogen) atoms. The number of imidazole rings is 1. The summed E-state index contributed by atoms with van der Waals surface area (Å²) in [7, 11) is 0. The van der Waals surface area contributed by atoms with Crippen molar-refractivity contribution < 1.29 is 14.3 Å². The topological polar surface area (TPSA) is 75.1 Å². The lowest BCUT2D eigenvalue weighted by molar-refractivity contribution is 0.0698. The number of aromatic amines is 1. The van der Waals surface area contributed by atoms with Crippen molar-refractivity contribution in [1.82, 2.24) is 9.55 Å². The Morgan fingerprint density at radius 1 is 1.29 bits per heavy atom. The van der Waals surface area contributed by atoms with Crippen LogP contribution in [-0.4, -0.2) is 20.6 Å². The van der Waals surface area contributed by atoms with Gasteiger partial charge in [0.05, 0.1) is 22.3 Å². The minimum atomic E-state index is -1.15. The van der Waals surface area contributed by atoms with Crippen LogP contribution in [0.25, 0.3) is 16.7 Å². The Bertz CT molecular complexity index is 924. The largest absolute Gasteiger partial charge is 0.478 e. The maximum atomic E-state index is 13.7. The van der Waals surface area contributed by atoms with E-state index in [0.29, 0.717) is 11.1 Å². The van der Waals surface area contributed by atoms with Gasteiger partial charge in [0.15, 0.2) is 0 Å². The van der Waals surface area contributed by atoms with E-state index in [0.717, 1.165) is 0 Å². The SMILES string of the molecule is Cc1ccc(-n2c(=O)[nH]c3cccc(C(=O)O)c32)cc1F. The third-order valence-corrected chi connectivity index (χ3v) is 3.35. The maximum Gasteiger partial charge on any atom is 0.337 e. The fraction of sp³-hybridized carbons (Fsp3) is 0.0667. The number of carboxylic acids is 1. The number of aryl methyl sites for hydroxylation is 1. The van der Waals surface area contributed by atoms with Crippen LogP contribution in [0.15, 0.2) is 41.2 Å². The number of hydrogen-bond donors (Lipinski definition) is 2. The number of nitrogens with one attached hydrogen (secondary N) is 1. The fourth-order valence-electron chi connectivity index (χ4n) is 2.30. The van der Waals surface area contributed by atoms with Crippen molar-refractivity contribution >= 4 is 17.0 Å². The first kappa shape index (κ1) is 13.1. The van der Waals surface area contributed by atoms with Crippen molar-refractivity contribution in [3.05, 3.63) is 63.8 Å². The molecule has 0 bridgehead atoms. The van der Waals surface area contributed by atoms with Crippen LogP contribution in [0.4, 0.5) is 4.39 Å². The standard InChI is InChI=1S/C15H11FN2O3/c1-8-5-6-9(7-11(8)16)18-13-10(14(19)20)3-2-4-12(13)17-15(18)21/h2-7H,1H3,(H,17,21)(H,19,20). The molecule has 0 unspecified atom stereocenters. The molecule has 1 aromatic heterocycles. The Morgan fingerprint density at radius 2 is 2.05 bits per heavy atom. The second kappa shape index (κ2) is 4.59. The zero-order valence-corrected chi connectivity index (χ0v) is 11.1. The second-order valence-corrected chi connectivity index (χ2v) is 4.71. The minimum absolute atomic E-state index is 0.0215. The van der Waals surface area contributed by atoms with Gasteiger partial charge in [-0.25, -0.2) is 14.0 Å². The van der Waals surface area contributed by atoms with Crippen molar-refractivity contribution in [1.29, 1.82) is 0 Å². The number of halogens is 1. The predicted octanol–water partition coefficient (Wildman–Crippen LogP) is 2.46. The molecule has 0 amide bonds. The number of rotatable bonds is 2. The fourth-order valence-corrected chi connectivity index (χ4v) is 2.30. The van der Waals surface area contributed by atoms with Crippen LogP contribution >= 0.6 is 0 Å². The first-order valence-electron chi connectivity index (χ1n) is 6.22. The normalized spacial score (nSPS) is 11.0. The Balaban J connectivity index is 2.41. The van der Waals surface area contributed by atoms with E-state index in [9.17, 15) is 19.1 Å². The van der Waals surface area contributed by atoms with Crippen molar-refractivity contribution in [2.45, 2.75) is 6.92 Å². The Kier molecular flexibility index (Phi) is 2.86. The van der Waals surface area contributed by atoms with Gasteiger partial charge in [0, 0.05) is 0 Å². The number of aromatic nitrogens is 2. The summed E-state index contributed by atoms with van der Waals surface area (Å²) in [4.78, 5) is 26.0. The summed E-state index contributed by atoms with van der Waals surface area (Å²) < 4.78 is 14.9. The van der Waals surface area contributed by atoms with Crippen molar-refractivity contribution in [3.8, 4) is 5.69 Å².